The zero-order valence-corrected chi connectivity index (χ0v) is 20.8. The van der Waals surface area contributed by atoms with Gasteiger partial charge in [-0.1, -0.05) is 0 Å². The molecule has 3 aliphatic heterocycles. The topological polar surface area (TPSA) is 108 Å². The van der Waals surface area contributed by atoms with Gasteiger partial charge >= 0.3 is 0 Å². The number of carbonyl (C=O) groups is 1. The number of piperazine rings is 1. The second-order valence-electron chi connectivity index (χ2n) is 9.60. The van der Waals surface area contributed by atoms with Crippen LogP contribution in [0.1, 0.15) is 24.3 Å². The fourth-order valence-corrected chi connectivity index (χ4v) is 6.21. The van der Waals surface area contributed by atoms with E-state index in [-0.39, 0.29) is 35.9 Å². The van der Waals surface area contributed by atoms with E-state index < -0.39 is 28.0 Å². The molecule has 4 atom stereocenters. The summed E-state index contributed by atoms with van der Waals surface area (Å²) in [6.07, 6.45) is -0.674. The molecule has 2 N–H and O–H groups in total. The van der Waals surface area contributed by atoms with Gasteiger partial charge in [0.15, 0.2) is 0 Å². The monoisotopic (exact) mass is 519 g/mol. The van der Waals surface area contributed by atoms with Crippen molar-refractivity contribution < 1.29 is 32.2 Å². The quantitative estimate of drug-likeness (QED) is 0.599. The molecule has 3 heterocycles. The second-order valence-corrected chi connectivity index (χ2v) is 11.3. The molecule has 11 heteroatoms. The summed E-state index contributed by atoms with van der Waals surface area (Å²) in [6.45, 7) is 2.78. The highest BCUT2D eigenvalue weighted by Crippen LogP contribution is 2.47. The summed E-state index contributed by atoms with van der Waals surface area (Å²) in [5.41, 5.74) is 1.15. The van der Waals surface area contributed by atoms with Crippen LogP contribution in [0.3, 0.4) is 0 Å². The number of nitrogens with zero attached hydrogens (tertiary/aromatic N) is 2. The lowest BCUT2D eigenvalue weighted by atomic mass is 9.84. The SMILES string of the molecule is CN1CCN(C(=O)C[C@H]2C[C@@H]3c4cc(NS(=O)(=O)c5ccc(F)cc5)ccc4O[C@@H]3[C@@H](CO)O2)CC1. The predicted molar refractivity (Wildman–Crippen MR) is 130 cm³/mol. The molecule has 0 saturated carbocycles. The average molecular weight is 520 g/mol. The van der Waals surface area contributed by atoms with Gasteiger partial charge in [0.2, 0.25) is 5.91 Å². The van der Waals surface area contributed by atoms with Gasteiger partial charge in [0, 0.05) is 43.3 Å². The molecule has 1 amide bonds. The molecule has 2 aromatic rings. The van der Waals surface area contributed by atoms with E-state index in [9.17, 15) is 22.7 Å². The summed E-state index contributed by atoms with van der Waals surface area (Å²) < 4.78 is 53.5. The molecule has 2 aromatic carbocycles. The average Bonchev–Trinajstić information content (AvgIpc) is 3.22. The lowest BCUT2D eigenvalue weighted by molar-refractivity contribution is -0.150. The van der Waals surface area contributed by atoms with Crippen molar-refractivity contribution in [2.75, 3.05) is 44.6 Å². The van der Waals surface area contributed by atoms with Crippen LogP contribution in [0.15, 0.2) is 47.4 Å². The number of fused-ring (bicyclic) bond motifs is 3. The number of carbonyl (C=O) groups excluding carboxylic acids is 1. The fourth-order valence-electron chi connectivity index (χ4n) is 5.16. The summed E-state index contributed by atoms with van der Waals surface area (Å²) in [4.78, 5) is 16.9. The number of ether oxygens (including phenoxy) is 2. The molecule has 2 fully saturated rings. The first kappa shape index (κ1) is 24.9. The third-order valence-electron chi connectivity index (χ3n) is 7.13. The van der Waals surface area contributed by atoms with Gasteiger partial charge in [-0.25, -0.2) is 12.8 Å². The summed E-state index contributed by atoms with van der Waals surface area (Å²) in [5, 5.41) is 9.98. The third-order valence-corrected chi connectivity index (χ3v) is 8.53. The summed E-state index contributed by atoms with van der Waals surface area (Å²) in [7, 11) is -1.88. The highest BCUT2D eigenvalue weighted by molar-refractivity contribution is 7.92. The van der Waals surface area contributed by atoms with Gasteiger partial charge in [0.05, 0.1) is 24.0 Å². The Morgan fingerprint density at radius 3 is 2.56 bits per heavy atom. The van der Waals surface area contributed by atoms with Crippen LogP contribution >= 0.6 is 0 Å². The number of benzene rings is 2. The van der Waals surface area contributed by atoms with Crippen LogP contribution in [-0.2, 0) is 19.6 Å². The Morgan fingerprint density at radius 1 is 1.14 bits per heavy atom. The number of sulfonamides is 1. The normalized spacial score (nSPS) is 26.1. The number of likely N-dealkylation sites (N-methyl/N-ethyl adjacent to an activating group) is 1. The van der Waals surface area contributed by atoms with E-state index in [4.69, 9.17) is 9.47 Å². The minimum Gasteiger partial charge on any atom is -0.487 e. The molecule has 5 rings (SSSR count). The highest BCUT2D eigenvalue weighted by atomic mass is 32.2. The Balaban J connectivity index is 1.32. The van der Waals surface area contributed by atoms with E-state index >= 15 is 0 Å². The Morgan fingerprint density at radius 2 is 1.86 bits per heavy atom. The smallest absolute Gasteiger partial charge is 0.261 e. The van der Waals surface area contributed by atoms with Gasteiger partial charge in [-0.05, 0) is 55.9 Å². The fraction of sp³-hybridized carbons (Fsp3) is 0.480. The third kappa shape index (κ3) is 5.06. The molecule has 0 radical (unpaired) electrons. The van der Waals surface area contributed by atoms with E-state index in [1.54, 1.807) is 18.2 Å². The van der Waals surface area contributed by atoms with Gasteiger partial charge in [-0.3, -0.25) is 9.52 Å². The number of aliphatic hydroxyl groups excluding tert-OH is 1. The molecule has 2 saturated heterocycles. The molecule has 0 aromatic heterocycles. The minimum atomic E-state index is -3.91. The number of anilines is 1. The molecule has 0 aliphatic carbocycles. The van der Waals surface area contributed by atoms with Crippen LogP contribution in [0, 0.1) is 5.82 Å². The van der Waals surface area contributed by atoms with E-state index in [0.29, 0.717) is 30.9 Å². The number of halogens is 1. The molecule has 0 unspecified atom stereocenters. The van der Waals surface area contributed by atoms with Crippen LogP contribution < -0.4 is 9.46 Å². The Labute approximate surface area is 209 Å². The second kappa shape index (κ2) is 9.97. The van der Waals surface area contributed by atoms with Gasteiger partial charge in [0.1, 0.15) is 23.8 Å². The molecule has 9 nitrogen and oxygen atoms in total. The Bertz CT molecular complexity index is 1220. The summed E-state index contributed by atoms with van der Waals surface area (Å²) in [5.74, 6) is -0.0502. The van der Waals surface area contributed by atoms with Crippen molar-refractivity contribution in [2.45, 2.75) is 42.0 Å². The molecule has 3 aliphatic rings. The standard InChI is InChI=1S/C25H30FN3O6S/c1-28-8-10-29(11-9-28)24(31)14-18-13-21-20-12-17(4-7-22(20)35-25(21)23(15-30)34-18)27-36(32,33)19-5-2-16(26)3-6-19/h2-7,12,18,21,23,25,27,30H,8-11,13-15H2,1H3/t18-,21-,23-,25+/m1/s1. The highest BCUT2D eigenvalue weighted by Gasteiger charge is 2.46. The van der Waals surface area contributed by atoms with Gasteiger partial charge in [-0.2, -0.15) is 0 Å². The van der Waals surface area contributed by atoms with Crippen molar-refractivity contribution in [1.82, 2.24) is 9.80 Å². The maximum atomic E-state index is 13.2. The summed E-state index contributed by atoms with van der Waals surface area (Å²) >= 11 is 0. The van der Waals surface area contributed by atoms with Gasteiger partial charge in [-0.15, -0.1) is 0 Å². The van der Waals surface area contributed by atoms with Crippen molar-refractivity contribution in [3.63, 3.8) is 0 Å². The van der Waals surface area contributed by atoms with Crippen LogP contribution in [0.5, 0.6) is 5.75 Å². The first-order valence-electron chi connectivity index (χ1n) is 12.0. The molecular weight excluding hydrogens is 489 g/mol. The van der Waals surface area contributed by atoms with E-state index in [2.05, 4.69) is 9.62 Å². The van der Waals surface area contributed by atoms with Crippen molar-refractivity contribution in [3.05, 3.63) is 53.8 Å². The number of amides is 1. The minimum absolute atomic E-state index is 0.0307. The van der Waals surface area contributed by atoms with Crippen molar-refractivity contribution in [1.29, 1.82) is 0 Å². The van der Waals surface area contributed by atoms with Crippen LogP contribution in [-0.4, -0.2) is 87.4 Å². The number of nitrogens with one attached hydrogen (secondary N) is 1. The lowest BCUT2D eigenvalue weighted by Gasteiger charge is -2.38. The zero-order valence-electron chi connectivity index (χ0n) is 20.0. The maximum Gasteiger partial charge on any atom is 0.261 e. The van der Waals surface area contributed by atoms with Crippen molar-refractivity contribution in [2.24, 2.45) is 0 Å². The van der Waals surface area contributed by atoms with E-state index in [1.165, 1.54) is 12.1 Å². The Kier molecular flexibility index (Phi) is 6.90. The zero-order chi connectivity index (χ0) is 25.4. The first-order valence-corrected chi connectivity index (χ1v) is 13.5. The van der Waals surface area contributed by atoms with Crippen LogP contribution in [0.4, 0.5) is 10.1 Å². The van der Waals surface area contributed by atoms with Crippen LogP contribution in [0.25, 0.3) is 0 Å². The number of aliphatic hydroxyl groups is 1. The lowest BCUT2D eigenvalue weighted by Crippen LogP contribution is -2.50. The number of hydrogen-bond donors (Lipinski definition) is 2. The van der Waals surface area contributed by atoms with E-state index in [0.717, 1.165) is 30.8 Å². The molecular formula is C25H30FN3O6S. The summed E-state index contributed by atoms with van der Waals surface area (Å²) in [6, 6.07) is 9.61. The van der Waals surface area contributed by atoms with E-state index in [1.807, 2.05) is 11.9 Å². The van der Waals surface area contributed by atoms with Gasteiger partial charge < -0.3 is 24.4 Å². The number of hydrogen-bond acceptors (Lipinski definition) is 7. The first-order chi connectivity index (χ1) is 17.2. The van der Waals surface area contributed by atoms with Crippen molar-refractivity contribution >= 4 is 21.6 Å². The number of rotatable bonds is 6. The van der Waals surface area contributed by atoms with Crippen LogP contribution in [0.2, 0.25) is 0 Å². The molecule has 36 heavy (non-hydrogen) atoms. The maximum absolute atomic E-state index is 13.2. The molecule has 194 valence electrons. The molecule has 0 bridgehead atoms. The molecule has 0 spiro atoms. The largest absolute Gasteiger partial charge is 0.487 e. The Hall–Kier alpha value is -2.73. The van der Waals surface area contributed by atoms with Crippen molar-refractivity contribution in [3.8, 4) is 5.75 Å². The predicted octanol–water partition coefficient (Wildman–Crippen LogP) is 1.78. The van der Waals surface area contributed by atoms with Gasteiger partial charge in [0.25, 0.3) is 10.0 Å².